The molecule has 0 aromatic heterocycles. The van der Waals surface area contributed by atoms with E-state index in [9.17, 15) is 132 Å². The van der Waals surface area contributed by atoms with Gasteiger partial charge in [-0.1, -0.05) is 12.1 Å². The number of hydrogen-bond acceptors (Lipinski definition) is 3. The summed E-state index contributed by atoms with van der Waals surface area (Å²) in [5.74, 6) is -115. The fraction of sp³-hybridized carbons (Fsp3) is 0.654. The molecule has 0 radical (unpaired) electrons. The Morgan fingerprint density at radius 1 is 0.448 bits per heavy atom. The molecule has 0 unspecified atom stereocenters. The molecule has 0 bridgehead atoms. The van der Waals surface area contributed by atoms with Crippen LogP contribution >= 0.6 is 0 Å². The molecule has 0 N–H and O–H groups in total. The van der Waals surface area contributed by atoms with Crippen LogP contribution in [0.25, 0.3) is 6.08 Å². The van der Waals surface area contributed by atoms with Gasteiger partial charge in [-0.15, -0.1) is 0 Å². The number of carbonyl (C=O) groups excluding carboxylic acids is 1. The number of ether oxygens (including phenoxy) is 2. The van der Waals surface area contributed by atoms with E-state index in [2.05, 4.69) is 9.47 Å². The number of esters is 1. The lowest BCUT2D eigenvalue weighted by atomic mass is 9.83. The molecule has 3 nitrogen and oxygen atoms in total. The minimum absolute atomic E-state index is 0.0273. The minimum Gasteiger partial charge on any atom is -0.497 e. The summed E-state index contributed by atoms with van der Waals surface area (Å²) >= 11 is 0. The third kappa shape index (κ3) is 7.71. The van der Waals surface area contributed by atoms with Crippen LogP contribution in [0.4, 0.5) is 127 Å². The summed E-state index contributed by atoms with van der Waals surface area (Å²) in [7, 11) is 1.07. The second kappa shape index (κ2) is 14.7. The second-order valence-electron chi connectivity index (χ2n) is 11.2. The van der Waals surface area contributed by atoms with Crippen molar-refractivity contribution in [3.05, 3.63) is 35.9 Å². The van der Waals surface area contributed by atoms with E-state index in [1.807, 2.05) is 0 Å². The zero-order valence-corrected chi connectivity index (χ0v) is 26.6. The summed E-state index contributed by atoms with van der Waals surface area (Å²) in [6, 6.07) is 3.81. The molecule has 0 saturated carbocycles. The third-order valence-corrected chi connectivity index (χ3v) is 7.25. The molecule has 1 aromatic carbocycles. The highest BCUT2D eigenvalue weighted by atomic mass is 19.4. The summed E-state index contributed by atoms with van der Waals surface area (Å²) < 4.78 is 406. The van der Waals surface area contributed by atoms with Crippen LogP contribution in [0, 0.1) is 0 Å². The van der Waals surface area contributed by atoms with E-state index in [-0.39, 0.29) is 17.4 Å². The summed E-state index contributed by atoms with van der Waals surface area (Å²) in [5, 5.41) is 0. The Bertz CT molecular complexity index is 1640. The van der Waals surface area contributed by atoms with Crippen LogP contribution in [-0.2, 0) is 9.53 Å². The first-order valence-corrected chi connectivity index (χ1v) is 13.6. The molecule has 1 aromatic rings. The lowest BCUT2D eigenvalue weighted by Gasteiger charge is -2.46. The summed E-state index contributed by atoms with van der Waals surface area (Å²) in [5.41, 5.74) is -0.344. The van der Waals surface area contributed by atoms with Gasteiger partial charge in [-0.05, 0) is 23.8 Å². The maximum absolute atomic E-state index is 14.1. The van der Waals surface area contributed by atoms with E-state index < -0.39 is 108 Å². The third-order valence-electron chi connectivity index (χ3n) is 7.25. The lowest BCUT2D eigenvalue weighted by molar-refractivity contribution is -0.487. The molecule has 0 aliphatic rings. The Hall–Kier alpha value is -3.80. The maximum atomic E-state index is 14.1. The highest BCUT2D eigenvalue weighted by Gasteiger charge is 3.00. The fourth-order valence-corrected chi connectivity index (χ4v) is 3.75. The van der Waals surface area contributed by atoms with Crippen LogP contribution in [0.15, 0.2) is 30.3 Å². The van der Waals surface area contributed by atoms with E-state index in [0.717, 1.165) is 31.4 Å². The van der Waals surface area contributed by atoms with Crippen molar-refractivity contribution in [3.8, 4) is 5.75 Å². The van der Waals surface area contributed by atoms with Crippen LogP contribution in [0.5, 0.6) is 5.75 Å². The Morgan fingerprint density at radius 3 is 1.03 bits per heavy atom. The van der Waals surface area contributed by atoms with Crippen molar-refractivity contribution in [1.29, 1.82) is 0 Å². The number of carbonyl (C=O) groups is 1. The van der Waals surface area contributed by atoms with Crippen LogP contribution in [0.1, 0.15) is 18.4 Å². The normalized spacial score (nSPS) is 15.9. The second-order valence-corrected chi connectivity index (χ2v) is 11.2. The molecule has 338 valence electrons. The van der Waals surface area contributed by atoms with Crippen LogP contribution in [0.2, 0.25) is 0 Å². The van der Waals surface area contributed by atoms with Gasteiger partial charge in [0, 0.05) is 18.9 Å². The van der Waals surface area contributed by atoms with Crippen LogP contribution in [-0.4, -0.2) is 96.4 Å². The highest BCUT2D eigenvalue weighted by Crippen LogP contribution is 2.68. The van der Waals surface area contributed by atoms with Crippen molar-refractivity contribution in [3.63, 3.8) is 0 Å². The predicted molar refractivity (Wildman–Crippen MR) is 128 cm³/mol. The number of methoxy groups -OCH3 is 1. The summed E-state index contributed by atoms with van der Waals surface area (Å²) in [6.45, 7) is 0. The van der Waals surface area contributed by atoms with Gasteiger partial charge in [0.2, 0.25) is 0 Å². The first-order valence-electron chi connectivity index (χ1n) is 13.6. The molecule has 32 heteroatoms. The smallest absolute Gasteiger partial charge is 0.473 e. The Labute approximate surface area is 299 Å². The number of rotatable bonds is 18. The summed E-state index contributed by atoms with van der Waals surface area (Å²) in [6.07, 6.45) is -21.5. The molecule has 0 saturated heterocycles. The molecule has 0 spiro atoms. The van der Waals surface area contributed by atoms with Gasteiger partial charge in [0.05, 0.1) is 7.11 Å². The fourth-order valence-electron chi connectivity index (χ4n) is 3.75. The van der Waals surface area contributed by atoms with Crippen LogP contribution < -0.4 is 4.74 Å². The van der Waals surface area contributed by atoms with Crippen molar-refractivity contribution < 1.29 is 142 Å². The quantitative estimate of drug-likeness (QED) is 0.0836. The first kappa shape index (κ1) is 52.2. The van der Waals surface area contributed by atoms with Crippen molar-refractivity contribution in [1.82, 2.24) is 0 Å². The Balaban J connectivity index is 3.76. The van der Waals surface area contributed by atoms with Crippen molar-refractivity contribution in [2.24, 2.45) is 0 Å². The Morgan fingerprint density at radius 2 is 0.741 bits per heavy atom. The minimum atomic E-state index is -9.93. The van der Waals surface area contributed by atoms with E-state index in [4.69, 9.17) is 0 Å². The zero-order valence-electron chi connectivity index (χ0n) is 26.6. The topological polar surface area (TPSA) is 35.5 Å². The zero-order chi connectivity index (χ0) is 46.8. The van der Waals surface area contributed by atoms with Crippen molar-refractivity contribution >= 4 is 12.0 Å². The van der Waals surface area contributed by atoms with Crippen molar-refractivity contribution in [2.45, 2.75) is 96.2 Å². The van der Waals surface area contributed by atoms with Gasteiger partial charge in [-0.2, -0.15) is 127 Å². The van der Waals surface area contributed by atoms with E-state index in [0.29, 0.717) is 0 Å². The number of halogens is 29. The molecule has 58 heavy (non-hydrogen) atoms. The van der Waals surface area contributed by atoms with Crippen molar-refractivity contribution in [2.75, 3.05) is 7.11 Å². The maximum Gasteiger partial charge on any atom is 0.473 e. The largest absolute Gasteiger partial charge is 0.497 e. The molecular weight excluding hydrogens is 911 g/mol. The molecule has 0 amide bonds. The SMILES string of the molecule is COc1ccc(C=CC(=O)OC(F)(F)C(F)(F)C(F)(F)C(F)(F)C(F)(F)C(F)(F)C(F)(F)C(F)(F)C(F)(F)C(F)(F)C(F)(F)C(F)(F)C(F)(F)CCC(F)(F)F)cc1. The average Bonchev–Trinajstić information content (AvgIpc) is 3.05. The molecule has 0 heterocycles. The Kier molecular flexibility index (Phi) is 13.3. The van der Waals surface area contributed by atoms with Gasteiger partial charge in [0.15, 0.2) is 0 Å². The number of alkyl halides is 29. The predicted octanol–water partition coefficient (Wildman–Crippen LogP) is 11.8. The first-order chi connectivity index (χ1) is 25.1. The van der Waals surface area contributed by atoms with Gasteiger partial charge >= 0.3 is 89.3 Å². The lowest BCUT2D eigenvalue weighted by Crippen LogP contribution is -2.79. The van der Waals surface area contributed by atoms with E-state index in [1.54, 1.807) is 0 Å². The van der Waals surface area contributed by atoms with Crippen LogP contribution in [0.3, 0.4) is 0 Å². The molecule has 1 rings (SSSR count). The van der Waals surface area contributed by atoms with Gasteiger partial charge in [0.25, 0.3) is 0 Å². The average molecular weight is 924 g/mol. The molecule has 0 aliphatic carbocycles. The van der Waals surface area contributed by atoms with E-state index >= 15 is 0 Å². The number of hydrogen-bond donors (Lipinski definition) is 0. The molecule has 0 atom stereocenters. The summed E-state index contributed by atoms with van der Waals surface area (Å²) in [4.78, 5) is 11.5. The van der Waals surface area contributed by atoms with Gasteiger partial charge < -0.3 is 9.47 Å². The van der Waals surface area contributed by atoms with Gasteiger partial charge in [0.1, 0.15) is 5.75 Å². The molecule has 0 fully saturated rings. The highest BCUT2D eigenvalue weighted by molar-refractivity contribution is 5.87. The van der Waals surface area contributed by atoms with Gasteiger partial charge in [-0.3, -0.25) is 0 Å². The molecule has 0 aliphatic heterocycles. The monoisotopic (exact) mass is 924 g/mol. The van der Waals surface area contributed by atoms with Gasteiger partial charge in [-0.25, -0.2) is 4.79 Å². The number of benzene rings is 1. The molecular formula is C26H13F29O3. The standard InChI is InChI=1S/C26H13F29O3/c1-57-11-5-2-10(3-6-11)4-7-12(56)58-26(54,55)25(52,53)24(50,51)23(48,49)22(46,47)21(44,45)20(42,43)19(40,41)18(38,39)17(36,37)16(34,35)15(32,33)13(27,28)8-9-14(29,30)31/h2-7H,8-9H2,1H3. The van der Waals surface area contributed by atoms with E-state index in [1.165, 1.54) is 0 Å².